The quantitative estimate of drug-likeness (QED) is 0.829. The Hall–Kier alpha value is -1.36. The third kappa shape index (κ3) is 2.20. The second-order valence-corrected chi connectivity index (χ2v) is 4.66. The molecular formula is C12H18N4O. The molecular weight excluding hydrogens is 216 g/mol. The molecule has 3 heterocycles. The van der Waals surface area contributed by atoms with Crippen molar-refractivity contribution in [2.75, 3.05) is 17.2 Å². The maximum absolute atomic E-state index is 5.81. The molecule has 2 N–H and O–H groups in total. The summed E-state index contributed by atoms with van der Waals surface area (Å²) in [6.45, 7) is 2.87. The summed E-state index contributed by atoms with van der Waals surface area (Å²) in [5.41, 5.74) is 0. The maximum Gasteiger partial charge on any atom is 0.224 e. The van der Waals surface area contributed by atoms with Crippen molar-refractivity contribution in [3.63, 3.8) is 0 Å². The van der Waals surface area contributed by atoms with Crippen LogP contribution in [0.1, 0.15) is 26.2 Å². The number of fused-ring (bicyclic) bond motifs is 2. The lowest BCUT2D eigenvalue weighted by molar-refractivity contribution is 0.102. The second-order valence-electron chi connectivity index (χ2n) is 4.66. The highest BCUT2D eigenvalue weighted by atomic mass is 16.5. The van der Waals surface area contributed by atoms with Crippen LogP contribution in [0.3, 0.4) is 0 Å². The SMILES string of the molecule is CCNc1nccc(NC2CC3CCC2O3)n1. The first kappa shape index (κ1) is 10.8. The Balaban J connectivity index is 1.66. The van der Waals surface area contributed by atoms with E-state index in [1.165, 1.54) is 12.8 Å². The minimum absolute atomic E-state index is 0.373. The number of rotatable bonds is 4. The molecule has 5 nitrogen and oxygen atoms in total. The van der Waals surface area contributed by atoms with Crippen LogP contribution in [0.2, 0.25) is 0 Å². The highest BCUT2D eigenvalue weighted by Gasteiger charge is 2.40. The van der Waals surface area contributed by atoms with Crippen molar-refractivity contribution in [2.45, 2.75) is 44.4 Å². The lowest BCUT2D eigenvalue weighted by atomic mass is 9.95. The summed E-state index contributed by atoms with van der Waals surface area (Å²) in [4.78, 5) is 8.58. The molecule has 0 saturated carbocycles. The van der Waals surface area contributed by atoms with E-state index in [4.69, 9.17) is 4.74 Å². The van der Waals surface area contributed by atoms with Crippen molar-refractivity contribution in [1.82, 2.24) is 9.97 Å². The predicted octanol–water partition coefficient (Wildman–Crippen LogP) is 1.64. The van der Waals surface area contributed by atoms with Gasteiger partial charge in [-0.3, -0.25) is 0 Å². The molecule has 1 aromatic heterocycles. The Morgan fingerprint density at radius 2 is 2.41 bits per heavy atom. The van der Waals surface area contributed by atoms with Gasteiger partial charge in [-0.2, -0.15) is 4.98 Å². The van der Waals surface area contributed by atoms with Crippen molar-refractivity contribution < 1.29 is 4.74 Å². The van der Waals surface area contributed by atoms with E-state index in [2.05, 4.69) is 20.6 Å². The Labute approximate surface area is 101 Å². The van der Waals surface area contributed by atoms with Crippen LogP contribution in [0.5, 0.6) is 0 Å². The van der Waals surface area contributed by atoms with E-state index in [1.54, 1.807) is 6.20 Å². The van der Waals surface area contributed by atoms with Gasteiger partial charge in [-0.15, -0.1) is 0 Å². The van der Waals surface area contributed by atoms with Crippen LogP contribution in [0, 0.1) is 0 Å². The Bertz CT molecular complexity index is 398. The topological polar surface area (TPSA) is 59.1 Å². The Kier molecular flexibility index (Phi) is 2.84. The van der Waals surface area contributed by atoms with Gasteiger partial charge in [0.1, 0.15) is 5.82 Å². The zero-order valence-electron chi connectivity index (χ0n) is 10.0. The summed E-state index contributed by atoms with van der Waals surface area (Å²) in [5, 5.41) is 6.57. The van der Waals surface area contributed by atoms with Gasteiger partial charge in [0, 0.05) is 12.7 Å². The van der Waals surface area contributed by atoms with E-state index in [1.807, 2.05) is 13.0 Å². The lowest BCUT2D eigenvalue weighted by Crippen LogP contribution is -2.30. The highest BCUT2D eigenvalue weighted by Crippen LogP contribution is 2.35. The summed E-state index contributed by atoms with van der Waals surface area (Å²) in [5.74, 6) is 1.57. The first-order chi connectivity index (χ1) is 8.35. The minimum atomic E-state index is 0.373. The molecule has 92 valence electrons. The minimum Gasteiger partial charge on any atom is -0.373 e. The Morgan fingerprint density at radius 1 is 1.47 bits per heavy atom. The summed E-state index contributed by atoms with van der Waals surface area (Å²) in [7, 11) is 0. The third-order valence-electron chi connectivity index (χ3n) is 3.43. The lowest BCUT2D eigenvalue weighted by Gasteiger charge is -2.20. The molecule has 0 amide bonds. The van der Waals surface area contributed by atoms with Crippen molar-refractivity contribution in [2.24, 2.45) is 0 Å². The van der Waals surface area contributed by atoms with Crippen LogP contribution in [-0.2, 0) is 4.74 Å². The maximum atomic E-state index is 5.81. The molecule has 2 aliphatic heterocycles. The first-order valence-corrected chi connectivity index (χ1v) is 6.34. The zero-order chi connectivity index (χ0) is 11.7. The molecule has 3 rings (SSSR count). The number of nitrogens with zero attached hydrogens (tertiary/aromatic N) is 2. The molecule has 1 aromatic rings. The van der Waals surface area contributed by atoms with Crippen LogP contribution >= 0.6 is 0 Å². The first-order valence-electron chi connectivity index (χ1n) is 6.34. The van der Waals surface area contributed by atoms with Gasteiger partial charge in [-0.25, -0.2) is 4.98 Å². The van der Waals surface area contributed by atoms with E-state index in [9.17, 15) is 0 Å². The van der Waals surface area contributed by atoms with Gasteiger partial charge in [-0.1, -0.05) is 0 Å². The molecule has 2 aliphatic rings. The summed E-state index contributed by atoms with van der Waals surface area (Å²) < 4.78 is 5.81. The average Bonchev–Trinajstić information content (AvgIpc) is 2.92. The normalized spacial score (nSPS) is 30.5. The molecule has 2 fully saturated rings. The van der Waals surface area contributed by atoms with Crippen LogP contribution in [0.25, 0.3) is 0 Å². The van der Waals surface area contributed by atoms with E-state index in [-0.39, 0.29) is 0 Å². The van der Waals surface area contributed by atoms with Gasteiger partial charge in [0.2, 0.25) is 5.95 Å². The van der Waals surface area contributed by atoms with Gasteiger partial charge < -0.3 is 15.4 Å². The molecule has 3 unspecified atom stereocenters. The van der Waals surface area contributed by atoms with E-state index in [0.717, 1.165) is 18.8 Å². The molecule has 17 heavy (non-hydrogen) atoms. The smallest absolute Gasteiger partial charge is 0.224 e. The molecule has 0 aromatic carbocycles. The number of hydrogen-bond acceptors (Lipinski definition) is 5. The number of anilines is 2. The molecule has 0 spiro atoms. The van der Waals surface area contributed by atoms with Crippen molar-refractivity contribution in [3.05, 3.63) is 12.3 Å². The second kappa shape index (κ2) is 4.49. The van der Waals surface area contributed by atoms with Gasteiger partial charge in [0.05, 0.1) is 18.2 Å². The van der Waals surface area contributed by atoms with E-state index >= 15 is 0 Å². The van der Waals surface area contributed by atoms with Gasteiger partial charge in [0.25, 0.3) is 0 Å². The number of ether oxygens (including phenoxy) is 1. The Morgan fingerprint density at radius 3 is 3.12 bits per heavy atom. The summed E-state index contributed by atoms with van der Waals surface area (Å²) >= 11 is 0. The molecule has 0 aliphatic carbocycles. The number of hydrogen-bond donors (Lipinski definition) is 2. The highest BCUT2D eigenvalue weighted by molar-refractivity contribution is 5.41. The largest absolute Gasteiger partial charge is 0.373 e. The molecule has 2 bridgehead atoms. The van der Waals surface area contributed by atoms with Crippen molar-refractivity contribution >= 4 is 11.8 Å². The fourth-order valence-corrected chi connectivity index (χ4v) is 2.66. The standard InChI is InChI=1S/C12H18N4O/c1-2-13-12-14-6-5-11(16-12)15-9-7-8-3-4-10(9)17-8/h5-6,8-10H,2-4,7H2,1H3,(H2,13,14,15,16). The van der Waals surface area contributed by atoms with Gasteiger partial charge in [-0.05, 0) is 32.3 Å². The molecule has 5 heteroatoms. The van der Waals surface area contributed by atoms with Gasteiger partial charge in [0.15, 0.2) is 0 Å². The van der Waals surface area contributed by atoms with Crippen LogP contribution in [0.15, 0.2) is 12.3 Å². The van der Waals surface area contributed by atoms with E-state index in [0.29, 0.717) is 24.2 Å². The van der Waals surface area contributed by atoms with Crippen molar-refractivity contribution in [1.29, 1.82) is 0 Å². The third-order valence-corrected chi connectivity index (χ3v) is 3.43. The predicted molar refractivity (Wildman–Crippen MR) is 66.1 cm³/mol. The summed E-state index contributed by atoms with van der Waals surface area (Å²) in [6, 6.07) is 2.32. The van der Waals surface area contributed by atoms with Crippen molar-refractivity contribution in [3.8, 4) is 0 Å². The fraction of sp³-hybridized carbons (Fsp3) is 0.667. The van der Waals surface area contributed by atoms with Gasteiger partial charge >= 0.3 is 0 Å². The van der Waals surface area contributed by atoms with Crippen LogP contribution < -0.4 is 10.6 Å². The fourth-order valence-electron chi connectivity index (χ4n) is 2.66. The summed E-state index contributed by atoms with van der Waals surface area (Å²) in [6.07, 6.45) is 6.11. The number of aromatic nitrogens is 2. The van der Waals surface area contributed by atoms with E-state index < -0.39 is 0 Å². The monoisotopic (exact) mass is 234 g/mol. The molecule has 2 saturated heterocycles. The van der Waals surface area contributed by atoms with Crippen LogP contribution in [0.4, 0.5) is 11.8 Å². The molecule has 0 radical (unpaired) electrons. The average molecular weight is 234 g/mol. The number of nitrogens with one attached hydrogen (secondary N) is 2. The zero-order valence-corrected chi connectivity index (χ0v) is 10.0. The van der Waals surface area contributed by atoms with Crippen LogP contribution in [-0.4, -0.2) is 34.8 Å². The molecule has 3 atom stereocenters.